The van der Waals surface area contributed by atoms with Crippen molar-refractivity contribution in [3.05, 3.63) is 61.3 Å². The molecule has 0 aliphatic heterocycles. The maximum absolute atomic E-state index is 12.7. The highest BCUT2D eigenvalue weighted by Crippen LogP contribution is 2.14. The molecule has 0 saturated carbocycles. The summed E-state index contributed by atoms with van der Waals surface area (Å²) in [5.74, 6) is 0. The van der Waals surface area contributed by atoms with Gasteiger partial charge in [-0.3, -0.25) is 9.36 Å². The molecular formula is C16H14IN3OS. The Morgan fingerprint density at radius 1 is 1.27 bits per heavy atom. The minimum absolute atomic E-state index is 0.0204. The lowest BCUT2D eigenvalue weighted by molar-refractivity contribution is 0.640. The molecule has 0 saturated heterocycles. The van der Waals surface area contributed by atoms with E-state index >= 15 is 0 Å². The molecule has 0 spiro atoms. The molecule has 6 heteroatoms. The second-order valence-electron chi connectivity index (χ2n) is 4.79. The van der Waals surface area contributed by atoms with Gasteiger partial charge in [-0.1, -0.05) is 18.3 Å². The van der Waals surface area contributed by atoms with Gasteiger partial charge in [-0.25, -0.2) is 9.98 Å². The Kier molecular flexibility index (Phi) is 4.68. The van der Waals surface area contributed by atoms with Crippen LogP contribution in [0.4, 0.5) is 5.69 Å². The van der Waals surface area contributed by atoms with Gasteiger partial charge in [0.25, 0.3) is 5.56 Å². The summed E-state index contributed by atoms with van der Waals surface area (Å²) in [7, 11) is 0. The molecule has 112 valence electrons. The smallest absolute Gasteiger partial charge is 0.263 e. The van der Waals surface area contributed by atoms with Crippen molar-refractivity contribution in [3.8, 4) is 0 Å². The average Bonchev–Trinajstić information content (AvgIpc) is 2.53. The van der Waals surface area contributed by atoms with Gasteiger partial charge in [-0.05, 0) is 65.4 Å². The highest BCUT2D eigenvalue weighted by Gasteiger charge is 2.07. The third-order valence-electron chi connectivity index (χ3n) is 3.16. The first kappa shape index (κ1) is 15.4. The Bertz CT molecular complexity index is 929. The minimum Gasteiger partial charge on any atom is -0.284 e. The molecule has 0 aliphatic carbocycles. The van der Waals surface area contributed by atoms with Gasteiger partial charge in [-0.2, -0.15) is 0 Å². The molecule has 0 bridgehead atoms. The molecule has 4 nitrogen and oxygen atoms in total. The zero-order chi connectivity index (χ0) is 15.5. The summed E-state index contributed by atoms with van der Waals surface area (Å²) in [5.41, 5.74) is 0.823. The van der Waals surface area contributed by atoms with E-state index in [2.05, 4.69) is 39.5 Å². The van der Waals surface area contributed by atoms with E-state index in [0.717, 1.165) is 20.5 Å². The molecule has 0 aliphatic rings. The fourth-order valence-electron chi connectivity index (χ4n) is 2.14. The summed E-state index contributed by atoms with van der Waals surface area (Å²) in [6.45, 7) is 2.71. The zero-order valence-electron chi connectivity index (χ0n) is 12.0. The maximum Gasteiger partial charge on any atom is 0.263 e. The van der Waals surface area contributed by atoms with Crippen molar-refractivity contribution in [2.75, 3.05) is 0 Å². The molecule has 1 aromatic carbocycles. The van der Waals surface area contributed by atoms with Crippen LogP contribution in [0.25, 0.3) is 10.2 Å². The van der Waals surface area contributed by atoms with E-state index < -0.39 is 0 Å². The van der Waals surface area contributed by atoms with Crippen molar-refractivity contribution in [1.82, 2.24) is 9.55 Å². The topological polar surface area (TPSA) is 47.2 Å². The predicted octanol–water partition coefficient (Wildman–Crippen LogP) is 3.71. The Morgan fingerprint density at radius 2 is 2.05 bits per heavy atom. The van der Waals surface area contributed by atoms with Gasteiger partial charge >= 0.3 is 0 Å². The van der Waals surface area contributed by atoms with Gasteiger partial charge in [0.1, 0.15) is 4.83 Å². The van der Waals surface area contributed by atoms with Crippen LogP contribution in [0.15, 0.2) is 52.4 Å². The van der Waals surface area contributed by atoms with E-state index in [1.165, 1.54) is 11.3 Å². The normalized spacial score (nSPS) is 12.0. The molecule has 0 unspecified atom stereocenters. The van der Waals surface area contributed by atoms with Gasteiger partial charge < -0.3 is 0 Å². The number of fused-ring (bicyclic) bond motifs is 1. The van der Waals surface area contributed by atoms with E-state index in [-0.39, 0.29) is 5.56 Å². The largest absolute Gasteiger partial charge is 0.284 e. The fraction of sp³-hybridized carbons (Fsp3) is 0.188. The standard InChI is InChI=1S/C16H14IN3OS/c1-2-10-20-15(21)13-4-3-9-18-14(13)22-16(20)19-12-7-5-11(17)6-8-12/h3-9H,2,10H2,1H3/b19-16-. The molecule has 0 amide bonds. The zero-order valence-corrected chi connectivity index (χ0v) is 15.0. The Balaban J connectivity index is 2.29. The number of hydrogen-bond acceptors (Lipinski definition) is 4. The molecule has 0 fully saturated rings. The average molecular weight is 423 g/mol. The van der Waals surface area contributed by atoms with E-state index in [0.29, 0.717) is 16.7 Å². The summed E-state index contributed by atoms with van der Waals surface area (Å²) >= 11 is 3.71. The van der Waals surface area contributed by atoms with Crippen molar-refractivity contribution in [3.63, 3.8) is 0 Å². The Labute approximate surface area is 145 Å². The lowest BCUT2D eigenvalue weighted by Crippen LogP contribution is -2.31. The summed E-state index contributed by atoms with van der Waals surface area (Å²) in [6.07, 6.45) is 2.59. The van der Waals surface area contributed by atoms with Crippen molar-refractivity contribution in [1.29, 1.82) is 0 Å². The summed E-state index contributed by atoms with van der Waals surface area (Å²) in [5, 5.41) is 0.655. The van der Waals surface area contributed by atoms with Crippen molar-refractivity contribution < 1.29 is 0 Å². The summed E-state index contributed by atoms with van der Waals surface area (Å²) in [6, 6.07) is 11.5. The van der Waals surface area contributed by atoms with Gasteiger partial charge in [0.15, 0.2) is 4.80 Å². The molecule has 3 rings (SSSR count). The van der Waals surface area contributed by atoms with Crippen LogP contribution in [0.3, 0.4) is 0 Å². The molecule has 2 heterocycles. The first-order valence-electron chi connectivity index (χ1n) is 6.98. The summed E-state index contributed by atoms with van der Waals surface area (Å²) in [4.78, 5) is 23.0. The highest BCUT2D eigenvalue weighted by atomic mass is 127. The number of nitrogens with zero attached hydrogens (tertiary/aromatic N) is 3. The Morgan fingerprint density at radius 3 is 2.77 bits per heavy atom. The van der Waals surface area contributed by atoms with E-state index in [4.69, 9.17) is 0 Å². The van der Waals surface area contributed by atoms with Gasteiger partial charge in [0.2, 0.25) is 0 Å². The molecular weight excluding hydrogens is 409 g/mol. The SMILES string of the molecule is CCCn1c(=O)c2cccnc2s/c1=N\c1ccc(I)cc1. The van der Waals surface area contributed by atoms with Crippen LogP contribution in [-0.2, 0) is 6.54 Å². The minimum atomic E-state index is -0.0204. The lowest BCUT2D eigenvalue weighted by Gasteiger charge is -2.06. The van der Waals surface area contributed by atoms with E-state index in [9.17, 15) is 4.79 Å². The summed E-state index contributed by atoms with van der Waals surface area (Å²) < 4.78 is 2.90. The second kappa shape index (κ2) is 6.70. The van der Waals surface area contributed by atoms with Crippen LogP contribution in [0.5, 0.6) is 0 Å². The molecule has 2 aromatic heterocycles. The van der Waals surface area contributed by atoms with E-state index in [1.54, 1.807) is 16.8 Å². The van der Waals surface area contributed by atoms with Gasteiger partial charge in [0.05, 0.1) is 11.1 Å². The second-order valence-corrected chi connectivity index (χ2v) is 6.99. The van der Waals surface area contributed by atoms with Crippen LogP contribution in [-0.4, -0.2) is 9.55 Å². The third kappa shape index (κ3) is 3.12. The fourth-order valence-corrected chi connectivity index (χ4v) is 3.49. The number of pyridine rings is 1. The number of halogens is 1. The lowest BCUT2D eigenvalue weighted by atomic mass is 10.3. The van der Waals surface area contributed by atoms with Crippen molar-refractivity contribution >= 4 is 49.8 Å². The maximum atomic E-state index is 12.7. The van der Waals surface area contributed by atoms with Crippen molar-refractivity contribution in [2.45, 2.75) is 19.9 Å². The number of hydrogen-bond donors (Lipinski definition) is 0. The first-order chi connectivity index (χ1) is 10.7. The molecule has 0 N–H and O–H groups in total. The molecule has 3 aromatic rings. The third-order valence-corrected chi connectivity index (χ3v) is 4.90. The van der Waals surface area contributed by atoms with Gasteiger partial charge in [0, 0.05) is 16.3 Å². The van der Waals surface area contributed by atoms with Crippen molar-refractivity contribution in [2.24, 2.45) is 4.99 Å². The van der Waals surface area contributed by atoms with E-state index in [1.807, 2.05) is 30.3 Å². The van der Waals surface area contributed by atoms with Gasteiger partial charge in [-0.15, -0.1) is 0 Å². The van der Waals surface area contributed by atoms with Crippen LogP contribution < -0.4 is 10.4 Å². The quantitative estimate of drug-likeness (QED) is 0.604. The predicted molar refractivity (Wildman–Crippen MR) is 98.6 cm³/mol. The monoisotopic (exact) mass is 423 g/mol. The number of rotatable bonds is 3. The van der Waals surface area contributed by atoms with Crippen LogP contribution in [0, 0.1) is 3.57 Å². The van der Waals surface area contributed by atoms with Crippen LogP contribution in [0.2, 0.25) is 0 Å². The highest BCUT2D eigenvalue weighted by molar-refractivity contribution is 14.1. The van der Waals surface area contributed by atoms with Crippen LogP contribution in [0.1, 0.15) is 13.3 Å². The van der Waals surface area contributed by atoms with Crippen LogP contribution >= 0.6 is 33.9 Å². The number of aromatic nitrogens is 2. The molecule has 0 radical (unpaired) electrons. The number of benzene rings is 1. The Hall–Kier alpha value is -1.54. The molecule has 0 atom stereocenters. The molecule has 22 heavy (non-hydrogen) atoms. The first-order valence-corrected chi connectivity index (χ1v) is 8.87.